The van der Waals surface area contributed by atoms with E-state index in [0.29, 0.717) is 5.41 Å². The van der Waals surface area contributed by atoms with Crippen LogP contribution in [-0.2, 0) is 9.53 Å². The summed E-state index contributed by atoms with van der Waals surface area (Å²) < 4.78 is 5.22. The van der Waals surface area contributed by atoms with E-state index in [1.54, 1.807) is 0 Å². The summed E-state index contributed by atoms with van der Waals surface area (Å²) in [5.74, 6) is 0.262. The fourth-order valence-corrected chi connectivity index (χ4v) is 1.89. The topological polar surface area (TPSA) is 26.3 Å². The first kappa shape index (κ1) is 8.09. The van der Waals surface area contributed by atoms with Crippen LogP contribution in [-0.4, -0.2) is 12.1 Å². The van der Waals surface area contributed by atoms with Gasteiger partial charge in [0, 0.05) is 0 Å². The van der Waals surface area contributed by atoms with Crippen LogP contribution >= 0.6 is 0 Å². The molecule has 0 atom stereocenters. The first-order chi connectivity index (χ1) is 5.57. The van der Waals surface area contributed by atoms with Crippen LogP contribution in [0.25, 0.3) is 0 Å². The molecule has 0 aromatic rings. The van der Waals surface area contributed by atoms with Crippen LogP contribution in [0.3, 0.4) is 0 Å². The van der Waals surface area contributed by atoms with Gasteiger partial charge in [0.1, 0.15) is 6.10 Å². The standard InChI is InChI=1S/C10H16O2/c1-10(2)5-7(6-10)9(11)12-8-3-4-8/h7-8H,3-6H2,1-2H3. The van der Waals surface area contributed by atoms with Crippen molar-refractivity contribution in [1.29, 1.82) is 0 Å². The average molecular weight is 168 g/mol. The monoisotopic (exact) mass is 168 g/mol. The van der Waals surface area contributed by atoms with Crippen molar-refractivity contribution in [3.8, 4) is 0 Å². The summed E-state index contributed by atoms with van der Waals surface area (Å²) in [6.07, 6.45) is 4.47. The molecule has 0 bridgehead atoms. The normalized spacial score (nSPS) is 27.8. The second-order valence-corrected chi connectivity index (χ2v) is 4.91. The van der Waals surface area contributed by atoms with Crippen molar-refractivity contribution in [3.63, 3.8) is 0 Å². The van der Waals surface area contributed by atoms with Crippen molar-refractivity contribution in [2.45, 2.75) is 45.6 Å². The van der Waals surface area contributed by atoms with Gasteiger partial charge in [0.15, 0.2) is 0 Å². The summed E-state index contributed by atoms with van der Waals surface area (Å²) in [5, 5.41) is 0. The maximum absolute atomic E-state index is 11.3. The van der Waals surface area contributed by atoms with Gasteiger partial charge < -0.3 is 4.74 Å². The molecule has 2 nitrogen and oxygen atoms in total. The third-order valence-electron chi connectivity index (χ3n) is 2.74. The summed E-state index contributed by atoms with van der Waals surface area (Å²) in [6, 6.07) is 0. The maximum Gasteiger partial charge on any atom is 0.309 e. The molecule has 0 heterocycles. The van der Waals surface area contributed by atoms with Crippen LogP contribution in [0.5, 0.6) is 0 Å². The van der Waals surface area contributed by atoms with E-state index in [1.807, 2.05) is 0 Å². The molecule has 68 valence electrons. The van der Waals surface area contributed by atoms with Crippen LogP contribution in [0.1, 0.15) is 39.5 Å². The maximum atomic E-state index is 11.3. The Bertz CT molecular complexity index is 196. The van der Waals surface area contributed by atoms with Gasteiger partial charge >= 0.3 is 5.97 Å². The number of hydrogen-bond donors (Lipinski definition) is 0. The molecule has 0 spiro atoms. The quantitative estimate of drug-likeness (QED) is 0.590. The van der Waals surface area contributed by atoms with E-state index >= 15 is 0 Å². The molecular weight excluding hydrogens is 152 g/mol. The molecule has 2 fully saturated rings. The number of rotatable bonds is 2. The molecule has 0 saturated heterocycles. The fraction of sp³-hybridized carbons (Fsp3) is 0.900. The van der Waals surface area contributed by atoms with E-state index in [9.17, 15) is 4.79 Å². The highest BCUT2D eigenvalue weighted by Crippen LogP contribution is 2.45. The van der Waals surface area contributed by atoms with Gasteiger partial charge in [0.05, 0.1) is 5.92 Å². The summed E-state index contributed by atoms with van der Waals surface area (Å²) in [6.45, 7) is 4.40. The van der Waals surface area contributed by atoms with Crippen molar-refractivity contribution in [2.75, 3.05) is 0 Å². The minimum atomic E-state index is 0.0526. The number of ether oxygens (including phenoxy) is 1. The molecule has 0 unspecified atom stereocenters. The van der Waals surface area contributed by atoms with E-state index in [2.05, 4.69) is 13.8 Å². The molecule has 0 aromatic carbocycles. The number of carbonyl (C=O) groups is 1. The van der Waals surface area contributed by atoms with Crippen LogP contribution < -0.4 is 0 Å². The van der Waals surface area contributed by atoms with Gasteiger partial charge in [-0.2, -0.15) is 0 Å². The van der Waals surface area contributed by atoms with Crippen LogP contribution in [0.15, 0.2) is 0 Å². The van der Waals surface area contributed by atoms with E-state index in [4.69, 9.17) is 4.74 Å². The molecule has 0 amide bonds. The Balaban J connectivity index is 1.75. The molecule has 2 aliphatic carbocycles. The molecule has 0 aromatic heterocycles. The molecule has 2 aliphatic rings. The lowest BCUT2D eigenvalue weighted by Crippen LogP contribution is -2.37. The predicted octanol–water partition coefficient (Wildman–Crippen LogP) is 2.13. The molecule has 0 N–H and O–H groups in total. The summed E-state index contributed by atoms with van der Waals surface area (Å²) >= 11 is 0. The van der Waals surface area contributed by atoms with Crippen LogP contribution in [0.4, 0.5) is 0 Å². The number of esters is 1. The Hall–Kier alpha value is -0.530. The van der Waals surface area contributed by atoms with Crippen molar-refractivity contribution in [1.82, 2.24) is 0 Å². The minimum absolute atomic E-state index is 0.0526. The highest BCUT2D eigenvalue weighted by molar-refractivity contribution is 5.74. The largest absolute Gasteiger partial charge is 0.462 e. The molecule has 0 aliphatic heterocycles. The zero-order valence-electron chi connectivity index (χ0n) is 7.80. The van der Waals surface area contributed by atoms with Gasteiger partial charge in [0.2, 0.25) is 0 Å². The third kappa shape index (κ3) is 1.62. The molecule has 2 saturated carbocycles. The van der Waals surface area contributed by atoms with Gasteiger partial charge in [-0.15, -0.1) is 0 Å². The molecule has 2 rings (SSSR count). The Labute approximate surface area is 73.3 Å². The smallest absolute Gasteiger partial charge is 0.309 e. The first-order valence-electron chi connectivity index (χ1n) is 4.77. The van der Waals surface area contributed by atoms with Crippen molar-refractivity contribution in [3.05, 3.63) is 0 Å². The van der Waals surface area contributed by atoms with Gasteiger partial charge in [0.25, 0.3) is 0 Å². The van der Waals surface area contributed by atoms with Crippen molar-refractivity contribution >= 4 is 5.97 Å². The first-order valence-corrected chi connectivity index (χ1v) is 4.77. The van der Waals surface area contributed by atoms with Crippen LogP contribution in [0.2, 0.25) is 0 Å². The van der Waals surface area contributed by atoms with Gasteiger partial charge in [-0.1, -0.05) is 13.8 Å². The van der Waals surface area contributed by atoms with Crippen molar-refractivity contribution < 1.29 is 9.53 Å². The van der Waals surface area contributed by atoms with Crippen molar-refractivity contribution in [2.24, 2.45) is 11.3 Å². The Morgan fingerprint density at radius 3 is 2.33 bits per heavy atom. The zero-order chi connectivity index (χ0) is 8.77. The second kappa shape index (κ2) is 2.48. The van der Waals surface area contributed by atoms with E-state index in [-0.39, 0.29) is 18.0 Å². The minimum Gasteiger partial charge on any atom is -0.462 e. The third-order valence-corrected chi connectivity index (χ3v) is 2.74. The molecule has 12 heavy (non-hydrogen) atoms. The summed E-state index contributed by atoms with van der Waals surface area (Å²) in [5.41, 5.74) is 0.382. The second-order valence-electron chi connectivity index (χ2n) is 4.91. The lowest BCUT2D eigenvalue weighted by Gasteiger charge is -2.40. The summed E-state index contributed by atoms with van der Waals surface area (Å²) in [7, 11) is 0. The van der Waals surface area contributed by atoms with Crippen LogP contribution in [0, 0.1) is 11.3 Å². The van der Waals surface area contributed by atoms with E-state index < -0.39 is 0 Å². The predicted molar refractivity (Wildman–Crippen MR) is 45.6 cm³/mol. The van der Waals surface area contributed by atoms with Gasteiger partial charge in [-0.05, 0) is 31.1 Å². The Morgan fingerprint density at radius 1 is 1.33 bits per heavy atom. The zero-order valence-corrected chi connectivity index (χ0v) is 7.80. The molecule has 2 heteroatoms. The molecule has 0 radical (unpaired) electrons. The lowest BCUT2D eigenvalue weighted by atomic mass is 9.64. The SMILES string of the molecule is CC1(C)CC(C(=O)OC2CC2)C1. The van der Waals surface area contributed by atoms with E-state index in [1.165, 1.54) is 0 Å². The average Bonchev–Trinajstić information content (AvgIpc) is 2.66. The van der Waals surface area contributed by atoms with Gasteiger partial charge in [-0.3, -0.25) is 4.79 Å². The highest BCUT2D eigenvalue weighted by atomic mass is 16.5. The molecular formula is C10H16O2. The Kier molecular flexibility index (Phi) is 1.67. The van der Waals surface area contributed by atoms with E-state index in [0.717, 1.165) is 25.7 Å². The lowest BCUT2D eigenvalue weighted by molar-refractivity contribution is -0.157. The number of carbonyl (C=O) groups excluding carboxylic acids is 1. The van der Waals surface area contributed by atoms with Gasteiger partial charge in [-0.25, -0.2) is 0 Å². The highest BCUT2D eigenvalue weighted by Gasteiger charge is 2.42. The Morgan fingerprint density at radius 2 is 1.92 bits per heavy atom. The summed E-state index contributed by atoms with van der Waals surface area (Å²) in [4.78, 5) is 11.3. The number of hydrogen-bond acceptors (Lipinski definition) is 2. The fourth-order valence-electron chi connectivity index (χ4n) is 1.89.